The number of aromatic nitrogens is 2. The van der Waals surface area contributed by atoms with Crippen LogP contribution in [0.15, 0.2) is 29.4 Å². The fraction of sp³-hybridized carbons (Fsp3) is 0.267. The van der Waals surface area contributed by atoms with Gasteiger partial charge in [0.05, 0.1) is 12.6 Å². The molecule has 1 heterocycles. The van der Waals surface area contributed by atoms with Gasteiger partial charge in [0.1, 0.15) is 10.8 Å². The van der Waals surface area contributed by atoms with Crippen molar-refractivity contribution in [3.8, 4) is 5.75 Å². The quantitative estimate of drug-likeness (QED) is 0.520. The van der Waals surface area contributed by atoms with Gasteiger partial charge in [-0.25, -0.2) is 5.43 Å². The maximum absolute atomic E-state index is 11.8. The van der Waals surface area contributed by atoms with Gasteiger partial charge in [-0.15, -0.1) is 10.2 Å². The summed E-state index contributed by atoms with van der Waals surface area (Å²) in [5.41, 5.74) is 2.84. The van der Waals surface area contributed by atoms with Crippen molar-refractivity contribution in [2.24, 2.45) is 5.10 Å². The number of anilines is 1. The van der Waals surface area contributed by atoms with Crippen LogP contribution >= 0.6 is 11.3 Å². The molecule has 0 unspecified atom stereocenters. The lowest BCUT2D eigenvalue weighted by molar-refractivity contribution is -0.120. The van der Waals surface area contributed by atoms with E-state index in [4.69, 9.17) is 0 Å². The van der Waals surface area contributed by atoms with Crippen molar-refractivity contribution >= 4 is 34.5 Å². The first-order valence-electron chi connectivity index (χ1n) is 7.30. The lowest BCUT2D eigenvalue weighted by Crippen LogP contribution is -2.19. The van der Waals surface area contributed by atoms with Gasteiger partial charge in [0.15, 0.2) is 0 Å². The molecule has 2 amide bonds. The van der Waals surface area contributed by atoms with E-state index in [1.54, 1.807) is 18.2 Å². The molecule has 24 heavy (non-hydrogen) atoms. The van der Waals surface area contributed by atoms with Crippen LogP contribution in [-0.4, -0.2) is 33.3 Å². The molecule has 2 rings (SSSR count). The monoisotopic (exact) mass is 347 g/mol. The fourth-order valence-electron chi connectivity index (χ4n) is 1.73. The van der Waals surface area contributed by atoms with Crippen LogP contribution in [0.4, 0.5) is 5.13 Å². The van der Waals surface area contributed by atoms with Crippen LogP contribution in [0.2, 0.25) is 0 Å². The Bertz CT molecular complexity index is 744. The molecule has 0 bridgehead atoms. The highest BCUT2D eigenvalue weighted by molar-refractivity contribution is 7.15. The van der Waals surface area contributed by atoms with Crippen LogP contribution in [0.5, 0.6) is 5.75 Å². The van der Waals surface area contributed by atoms with Crippen LogP contribution < -0.4 is 10.7 Å². The summed E-state index contributed by atoms with van der Waals surface area (Å²) >= 11 is 1.14. The van der Waals surface area contributed by atoms with Crippen LogP contribution in [0.3, 0.4) is 0 Å². The topological polar surface area (TPSA) is 117 Å². The highest BCUT2D eigenvalue weighted by Crippen LogP contribution is 2.16. The van der Waals surface area contributed by atoms with E-state index < -0.39 is 0 Å². The van der Waals surface area contributed by atoms with E-state index in [0.717, 1.165) is 17.8 Å². The summed E-state index contributed by atoms with van der Waals surface area (Å²) in [7, 11) is 0. The molecule has 1 aromatic carbocycles. The summed E-state index contributed by atoms with van der Waals surface area (Å²) in [5.74, 6) is -0.423. The normalized spacial score (nSPS) is 10.7. The van der Waals surface area contributed by atoms with Crippen molar-refractivity contribution in [3.05, 3.63) is 34.8 Å². The highest BCUT2D eigenvalue weighted by Gasteiger charge is 2.10. The van der Waals surface area contributed by atoms with E-state index in [-0.39, 0.29) is 24.0 Å². The van der Waals surface area contributed by atoms with Gasteiger partial charge in [0, 0.05) is 12.0 Å². The van der Waals surface area contributed by atoms with Crippen molar-refractivity contribution in [1.82, 2.24) is 15.6 Å². The van der Waals surface area contributed by atoms with Crippen molar-refractivity contribution in [2.45, 2.75) is 26.2 Å². The molecule has 0 spiro atoms. The summed E-state index contributed by atoms with van der Waals surface area (Å²) in [6, 6.07) is 6.63. The highest BCUT2D eigenvalue weighted by atomic mass is 32.1. The maximum Gasteiger partial charge on any atom is 0.247 e. The number of phenols is 1. The van der Waals surface area contributed by atoms with Crippen LogP contribution in [-0.2, 0) is 16.0 Å². The number of nitrogens with zero attached hydrogens (tertiary/aromatic N) is 3. The van der Waals surface area contributed by atoms with Gasteiger partial charge in [0.25, 0.3) is 0 Å². The average Bonchev–Trinajstić information content (AvgIpc) is 2.96. The number of hydrogen-bond acceptors (Lipinski definition) is 7. The standard InChI is InChI=1S/C15H17N5O3S/c1-2-5-12(22)17-15-20-19-14(24-15)8-13(23)18-16-9-10-6-3-4-7-11(10)21/h3-4,6-7,9,21H,2,5,8H2,1H3,(H,18,23)(H,17,20,22)/b16-9-. The number of nitrogens with one attached hydrogen (secondary N) is 2. The molecule has 9 heteroatoms. The third kappa shape index (κ3) is 5.43. The van der Waals surface area contributed by atoms with E-state index >= 15 is 0 Å². The molecule has 0 radical (unpaired) electrons. The Morgan fingerprint density at radius 1 is 1.29 bits per heavy atom. The molecule has 0 aliphatic rings. The SMILES string of the molecule is CCCC(=O)Nc1nnc(CC(=O)N/N=C\c2ccccc2O)s1. The number of aromatic hydroxyl groups is 1. The van der Waals surface area contributed by atoms with Crippen molar-refractivity contribution in [2.75, 3.05) is 5.32 Å². The predicted molar refractivity (Wildman–Crippen MR) is 91.0 cm³/mol. The van der Waals surface area contributed by atoms with Crippen molar-refractivity contribution in [1.29, 1.82) is 0 Å². The summed E-state index contributed by atoms with van der Waals surface area (Å²) in [4.78, 5) is 23.2. The van der Waals surface area contributed by atoms with Gasteiger partial charge in [-0.2, -0.15) is 5.10 Å². The van der Waals surface area contributed by atoms with Gasteiger partial charge in [-0.05, 0) is 18.6 Å². The number of rotatable bonds is 7. The number of carbonyl (C=O) groups is 2. The molecule has 1 aromatic heterocycles. The first-order valence-corrected chi connectivity index (χ1v) is 8.12. The zero-order chi connectivity index (χ0) is 17.4. The van der Waals surface area contributed by atoms with E-state index in [0.29, 0.717) is 22.1 Å². The number of phenolic OH excluding ortho intramolecular Hbond substituents is 1. The molecule has 0 fully saturated rings. The maximum atomic E-state index is 11.8. The smallest absolute Gasteiger partial charge is 0.247 e. The Balaban J connectivity index is 1.83. The Morgan fingerprint density at radius 3 is 2.83 bits per heavy atom. The predicted octanol–water partition coefficient (Wildman–Crippen LogP) is 1.68. The molecule has 0 saturated heterocycles. The minimum Gasteiger partial charge on any atom is -0.507 e. The number of benzene rings is 1. The Hall–Kier alpha value is -2.81. The van der Waals surface area contributed by atoms with E-state index in [1.165, 1.54) is 12.3 Å². The third-order valence-electron chi connectivity index (χ3n) is 2.83. The van der Waals surface area contributed by atoms with Gasteiger partial charge in [0.2, 0.25) is 16.9 Å². The largest absolute Gasteiger partial charge is 0.507 e. The first-order chi connectivity index (χ1) is 11.6. The van der Waals surface area contributed by atoms with E-state index in [1.807, 2.05) is 6.92 Å². The lowest BCUT2D eigenvalue weighted by Gasteiger charge is -1.98. The van der Waals surface area contributed by atoms with Crippen LogP contribution in [0.1, 0.15) is 30.3 Å². The molecule has 0 aliphatic carbocycles. The molecule has 0 saturated carbocycles. The summed E-state index contributed by atoms with van der Waals surface area (Å²) in [6.45, 7) is 1.91. The number of hydrogen-bond donors (Lipinski definition) is 3. The summed E-state index contributed by atoms with van der Waals surface area (Å²) in [6.07, 6.45) is 2.51. The molecular formula is C15H17N5O3S. The number of amides is 2. The minimum atomic E-state index is -0.371. The molecule has 2 aromatic rings. The second-order valence-corrected chi connectivity index (χ2v) is 5.89. The first kappa shape index (κ1) is 17.5. The zero-order valence-corrected chi connectivity index (χ0v) is 13.8. The Morgan fingerprint density at radius 2 is 2.08 bits per heavy atom. The van der Waals surface area contributed by atoms with Gasteiger partial charge < -0.3 is 10.4 Å². The van der Waals surface area contributed by atoms with E-state index in [9.17, 15) is 14.7 Å². The number of para-hydroxylation sites is 1. The Labute approximate surface area is 142 Å². The average molecular weight is 347 g/mol. The second-order valence-electron chi connectivity index (χ2n) is 4.83. The molecule has 8 nitrogen and oxygen atoms in total. The second kappa shape index (κ2) is 8.73. The van der Waals surface area contributed by atoms with Crippen molar-refractivity contribution < 1.29 is 14.7 Å². The number of carbonyl (C=O) groups excluding carboxylic acids is 2. The zero-order valence-electron chi connectivity index (χ0n) is 13.0. The lowest BCUT2D eigenvalue weighted by atomic mass is 10.2. The van der Waals surface area contributed by atoms with Crippen molar-refractivity contribution in [3.63, 3.8) is 0 Å². The van der Waals surface area contributed by atoms with Crippen LogP contribution in [0.25, 0.3) is 0 Å². The van der Waals surface area contributed by atoms with E-state index in [2.05, 4.69) is 26.0 Å². The number of hydrazone groups is 1. The molecule has 0 atom stereocenters. The molecule has 3 N–H and O–H groups in total. The summed E-state index contributed by atoms with van der Waals surface area (Å²) in [5, 5.41) is 24.5. The summed E-state index contributed by atoms with van der Waals surface area (Å²) < 4.78 is 0. The van der Waals surface area contributed by atoms with Crippen LogP contribution in [0, 0.1) is 0 Å². The fourth-order valence-corrected chi connectivity index (χ4v) is 2.49. The minimum absolute atomic E-state index is 0.000569. The van der Waals surface area contributed by atoms with Gasteiger partial charge in [-0.3, -0.25) is 9.59 Å². The molecule has 0 aliphatic heterocycles. The van der Waals surface area contributed by atoms with Gasteiger partial charge in [-0.1, -0.05) is 30.4 Å². The Kier molecular flexibility index (Phi) is 6.38. The van der Waals surface area contributed by atoms with Gasteiger partial charge >= 0.3 is 0 Å². The third-order valence-corrected chi connectivity index (χ3v) is 3.67. The molecular weight excluding hydrogens is 330 g/mol. The molecule has 126 valence electrons.